The third kappa shape index (κ3) is 2.75. The molecule has 0 unspecified atom stereocenters. The van der Waals surface area contributed by atoms with E-state index in [-0.39, 0.29) is 0 Å². The van der Waals surface area contributed by atoms with Crippen molar-refractivity contribution in [3.8, 4) is 0 Å². The Bertz CT molecular complexity index is 112. The zero-order valence-electron chi connectivity index (χ0n) is 5.27. The second-order valence-corrected chi connectivity index (χ2v) is 2.71. The molecule has 0 heterocycles. The average molecular weight is 129 g/mol. The van der Waals surface area contributed by atoms with Gasteiger partial charge in [0.25, 0.3) is 0 Å². The second-order valence-electron chi connectivity index (χ2n) is 1.52. The zero-order valence-corrected chi connectivity index (χ0v) is 6.09. The Kier molecular flexibility index (Phi) is 3.44. The van der Waals surface area contributed by atoms with Gasteiger partial charge in [0, 0.05) is 10.6 Å². The molecule has 0 aromatic carbocycles. The van der Waals surface area contributed by atoms with Crippen LogP contribution >= 0.6 is 11.8 Å². The second kappa shape index (κ2) is 3.61. The van der Waals surface area contributed by atoms with Crippen LogP contribution < -0.4 is 5.73 Å². The van der Waals surface area contributed by atoms with Gasteiger partial charge < -0.3 is 5.73 Å². The summed E-state index contributed by atoms with van der Waals surface area (Å²) in [5, 5.41) is 1.77. The maximum atomic E-state index is 5.43. The molecule has 1 nitrogen and oxygen atoms in total. The van der Waals surface area contributed by atoms with Crippen molar-refractivity contribution in [2.24, 2.45) is 5.73 Å². The first-order valence-electron chi connectivity index (χ1n) is 2.39. The van der Waals surface area contributed by atoms with Crippen molar-refractivity contribution in [1.29, 1.82) is 0 Å². The highest BCUT2D eigenvalue weighted by atomic mass is 32.2. The molecule has 0 aliphatic rings. The molecule has 0 aromatic heterocycles. The maximum absolute atomic E-state index is 5.43. The van der Waals surface area contributed by atoms with Gasteiger partial charge in [-0.25, -0.2) is 0 Å². The Labute approximate surface area is 54.6 Å². The number of allylic oxidation sites excluding steroid dienone is 2. The van der Waals surface area contributed by atoms with Crippen molar-refractivity contribution in [3.05, 3.63) is 22.6 Å². The molecule has 0 bridgehead atoms. The monoisotopic (exact) mass is 129 g/mol. The van der Waals surface area contributed by atoms with Crippen LogP contribution in [0, 0.1) is 0 Å². The van der Waals surface area contributed by atoms with Crippen LogP contribution in [0.4, 0.5) is 0 Å². The lowest BCUT2D eigenvalue weighted by atomic mass is 10.5. The van der Waals surface area contributed by atoms with Crippen molar-refractivity contribution in [2.75, 3.05) is 0 Å². The minimum Gasteiger partial charge on any atom is -0.402 e. The van der Waals surface area contributed by atoms with Crippen molar-refractivity contribution in [2.45, 2.75) is 13.8 Å². The van der Waals surface area contributed by atoms with Gasteiger partial charge in [0.05, 0.1) is 0 Å². The first-order chi connectivity index (χ1) is 3.68. The minimum atomic E-state index is 0.870. The quantitative estimate of drug-likeness (QED) is 0.617. The number of rotatable bonds is 2. The van der Waals surface area contributed by atoms with Crippen LogP contribution in [0.2, 0.25) is 0 Å². The lowest BCUT2D eigenvalue weighted by Gasteiger charge is -1.95. The molecule has 0 saturated carbocycles. The van der Waals surface area contributed by atoms with Crippen LogP contribution in [0.1, 0.15) is 13.8 Å². The molecular weight excluding hydrogens is 118 g/mol. The summed E-state index contributed by atoms with van der Waals surface area (Å²) < 4.78 is 0. The maximum Gasteiger partial charge on any atom is 0.0146 e. The standard InChI is InChI=1S/C6H11NS/c1-4-8-6(3)5(2)7/h4H,1,7H2,2-3H3/b6-5-. The van der Waals surface area contributed by atoms with Crippen LogP contribution in [-0.2, 0) is 0 Å². The summed E-state index contributed by atoms with van der Waals surface area (Å²) in [4.78, 5) is 1.13. The van der Waals surface area contributed by atoms with E-state index >= 15 is 0 Å². The van der Waals surface area contributed by atoms with E-state index in [2.05, 4.69) is 6.58 Å². The van der Waals surface area contributed by atoms with Gasteiger partial charge in [-0.15, -0.1) is 11.8 Å². The molecule has 8 heavy (non-hydrogen) atoms. The van der Waals surface area contributed by atoms with Crippen LogP contribution in [0.5, 0.6) is 0 Å². The molecule has 0 rings (SSSR count). The molecular formula is C6H11NS. The van der Waals surface area contributed by atoms with E-state index in [4.69, 9.17) is 5.73 Å². The van der Waals surface area contributed by atoms with Gasteiger partial charge >= 0.3 is 0 Å². The Hall–Kier alpha value is -0.370. The molecule has 2 N–H and O–H groups in total. The highest BCUT2D eigenvalue weighted by Crippen LogP contribution is 2.15. The van der Waals surface area contributed by atoms with E-state index < -0.39 is 0 Å². The topological polar surface area (TPSA) is 26.0 Å². The predicted octanol–water partition coefficient (Wildman–Crippen LogP) is 2.07. The summed E-state index contributed by atoms with van der Waals surface area (Å²) in [7, 11) is 0. The molecule has 2 heteroatoms. The van der Waals surface area contributed by atoms with Gasteiger partial charge in [-0.2, -0.15) is 0 Å². The number of hydrogen-bond donors (Lipinski definition) is 1. The summed E-state index contributed by atoms with van der Waals surface area (Å²) in [5.74, 6) is 0. The van der Waals surface area contributed by atoms with E-state index in [1.54, 1.807) is 17.2 Å². The average Bonchev–Trinajstić information content (AvgIpc) is 1.67. The third-order valence-corrected chi connectivity index (χ3v) is 1.66. The SMILES string of the molecule is C=CS/C(C)=C(/C)N. The van der Waals surface area contributed by atoms with Crippen LogP contribution in [-0.4, -0.2) is 0 Å². The number of hydrogen-bond acceptors (Lipinski definition) is 2. The summed E-state index contributed by atoms with van der Waals surface area (Å²) in [6.07, 6.45) is 0. The van der Waals surface area contributed by atoms with E-state index in [0.717, 1.165) is 10.6 Å². The van der Waals surface area contributed by atoms with Gasteiger partial charge in [0.2, 0.25) is 0 Å². The Morgan fingerprint density at radius 2 is 2.12 bits per heavy atom. The van der Waals surface area contributed by atoms with Crippen LogP contribution in [0.15, 0.2) is 22.6 Å². The van der Waals surface area contributed by atoms with Crippen LogP contribution in [0.25, 0.3) is 0 Å². The van der Waals surface area contributed by atoms with Crippen molar-refractivity contribution in [3.63, 3.8) is 0 Å². The fraction of sp³-hybridized carbons (Fsp3) is 0.333. The molecule has 0 spiro atoms. The minimum absolute atomic E-state index is 0.870. The lowest BCUT2D eigenvalue weighted by molar-refractivity contribution is 1.28. The molecule has 0 atom stereocenters. The predicted molar refractivity (Wildman–Crippen MR) is 40.3 cm³/mol. The van der Waals surface area contributed by atoms with Crippen molar-refractivity contribution in [1.82, 2.24) is 0 Å². The Morgan fingerprint density at radius 1 is 1.62 bits per heavy atom. The molecule has 0 fully saturated rings. The molecule has 0 saturated heterocycles. The lowest BCUT2D eigenvalue weighted by Crippen LogP contribution is -1.91. The van der Waals surface area contributed by atoms with E-state index in [9.17, 15) is 0 Å². The molecule has 46 valence electrons. The summed E-state index contributed by atoms with van der Waals surface area (Å²) in [5.41, 5.74) is 6.30. The number of thioether (sulfide) groups is 1. The third-order valence-electron chi connectivity index (χ3n) is 0.815. The highest BCUT2D eigenvalue weighted by molar-refractivity contribution is 8.05. The molecule has 0 amide bonds. The largest absolute Gasteiger partial charge is 0.402 e. The first-order valence-corrected chi connectivity index (χ1v) is 3.27. The fourth-order valence-corrected chi connectivity index (χ4v) is 0.654. The van der Waals surface area contributed by atoms with Gasteiger partial charge in [-0.3, -0.25) is 0 Å². The molecule has 0 aromatic rings. The van der Waals surface area contributed by atoms with E-state index in [1.165, 1.54) is 0 Å². The summed E-state index contributed by atoms with van der Waals surface area (Å²) >= 11 is 1.56. The summed E-state index contributed by atoms with van der Waals surface area (Å²) in [6, 6.07) is 0. The smallest absolute Gasteiger partial charge is 0.0146 e. The van der Waals surface area contributed by atoms with Gasteiger partial charge in [0.1, 0.15) is 0 Å². The Morgan fingerprint density at radius 3 is 2.25 bits per heavy atom. The molecule has 0 aliphatic heterocycles. The Balaban J connectivity index is 3.79. The summed E-state index contributed by atoms with van der Waals surface area (Å²) in [6.45, 7) is 7.41. The van der Waals surface area contributed by atoms with Gasteiger partial charge in [-0.05, 0) is 19.3 Å². The molecule has 0 radical (unpaired) electrons. The molecule has 0 aliphatic carbocycles. The first kappa shape index (κ1) is 7.63. The normalized spacial score (nSPS) is 12.8. The zero-order chi connectivity index (χ0) is 6.57. The fourth-order valence-electron chi connectivity index (χ4n) is 0.218. The van der Waals surface area contributed by atoms with Gasteiger partial charge in [-0.1, -0.05) is 6.58 Å². The van der Waals surface area contributed by atoms with Crippen LogP contribution in [0.3, 0.4) is 0 Å². The van der Waals surface area contributed by atoms with Crippen molar-refractivity contribution >= 4 is 11.8 Å². The van der Waals surface area contributed by atoms with E-state index in [1.807, 2.05) is 13.8 Å². The number of nitrogens with two attached hydrogens (primary N) is 1. The highest BCUT2D eigenvalue weighted by Gasteiger charge is 1.86. The van der Waals surface area contributed by atoms with Gasteiger partial charge in [0.15, 0.2) is 0 Å². The van der Waals surface area contributed by atoms with Crippen molar-refractivity contribution < 1.29 is 0 Å². The van der Waals surface area contributed by atoms with E-state index in [0.29, 0.717) is 0 Å².